The Bertz CT molecular complexity index is 1060. The molecule has 0 unspecified atom stereocenters. The van der Waals surface area contributed by atoms with E-state index in [-0.39, 0.29) is 0 Å². The van der Waals surface area contributed by atoms with Gasteiger partial charge in [-0.1, -0.05) is 42.0 Å². The predicted octanol–water partition coefficient (Wildman–Crippen LogP) is 4.63. The van der Waals surface area contributed by atoms with Gasteiger partial charge in [-0.3, -0.25) is 0 Å². The molecule has 1 aromatic heterocycles. The molecule has 0 saturated carbocycles. The first-order valence-electron chi connectivity index (χ1n) is 11.8. The largest absolute Gasteiger partial charge is 0.478 e. The number of rotatable bonds is 13. The molecule has 0 atom stereocenters. The molecule has 182 valence electrons. The highest BCUT2D eigenvalue weighted by atomic mass is 16.5. The zero-order chi connectivity index (χ0) is 24.6. The number of carbonyl (C=O) groups is 1. The Morgan fingerprint density at radius 2 is 1.71 bits per heavy atom. The van der Waals surface area contributed by atoms with Crippen molar-refractivity contribution in [3.8, 4) is 5.75 Å². The van der Waals surface area contributed by atoms with Crippen LogP contribution in [0.3, 0.4) is 0 Å². The van der Waals surface area contributed by atoms with Crippen LogP contribution in [-0.2, 0) is 35.3 Å². The van der Waals surface area contributed by atoms with Crippen molar-refractivity contribution in [2.45, 2.75) is 65.5 Å². The monoisotopic (exact) mass is 465 g/mol. The predicted molar refractivity (Wildman–Crippen MR) is 131 cm³/mol. The van der Waals surface area contributed by atoms with Gasteiger partial charge in [0, 0.05) is 19.4 Å². The molecule has 0 bridgehead atoms. The molecule has 7 nitrogen and oxygen atoms in total. The maximum absolute atomic E-state index is 11.2. The number of hydrogen-bond donors (Lipinski definition) is 1. The minimum Gasteiger partial charge on any atom is -0.478 e. The molecule has 0 radical (unpaired) electrons. The van der Waals surface area contributed by atoms with E-state index in [4.69, 9.17) is 19.6 Å². The summed E-state index contributed by atoms with van der Waals surface area (Å²) in [5, 5.41) is 14.0. The summed E-state index contributed by atoms with van der Waals surface area (Å²) in [6.45, 7) is 9.15. The Kier molecular flexibility index (Phi) is 8.82. The van der Waals surface area contributed by atoms with E-state index in [1.165, 1.54) is 25.0 Å². The van der Waals surface area contributed by atoms with Crippen molar-refractivity contribution < 1.29 is 19.4 Å². The van der Waals surface area contributed by atoms with E-state index in [1.54, 1.807) is 0 Å². The number of carboxylic acids is 1. The second-order valence-electron chi connectivity index (χ2n) is 8.94. The number of aryl methyl sites for hydroxylation is 3. The van der Waals surface area contributed by atoms with Gasteiger partial charge in [0.25, 0.3) is 0 Å². The van der Waals surface area contributed by atoms with Crippen molar-refractivity contribution in [3.63, 3.8) is 0 Å². The highest BCUT2D eigenvalue weighted by Crippen LogP contribution is 2.20. The third kappa shape index (κ3) is 7.42. The summed E-state index contributed by atoms with van der Waals surface area (Å²) in [4.78, 5) is 16.1. The topological polar surface area (TPSA) is 86.5 Å². The minimum absolute atomic E-state index is 0.548. The summed E-state index contributed by atoms with van der Waals surface area (Å²) in [5.74, 6) is 1.36. The van der Waals surface area contributed by atoms with E-state index in [2.05, 4.69) is 31.2 Å². The maximum atomic E-state index is 11.2. The van der Waals surface area contributed by atoms with E-state index in [0.29, 0.717) is 25.5 Å². The number of ether oxygens (including phenoxy) is 2. The van der Waals surface area contributed by atoms with Gasteiger partial charge in [0.2, 0.25) is 0 Å². The fraction of sp³-hybridized carbons (Fsp3) is 0.444. The number of aromatic nitrogens is 3. The highest BCUT2D eigenvalue weighted by Gasteiger charge is 2.29. The number of carboxylic acid groups (broad SMARTS) is 1. The quantitative estimate of drug-likeness (QED) is 0.370. The van der Waals surface area contributed by atoms with Gasteiger partial charge in [0.05, 0.1) is 13.2 Å². The molecule has 34 heavy (non-hydrogen) atoms. The molecule has 1 N–H and O–H groups in total. The molecule has 0 spiro atoms. The molecule has 3 aromatic rings. The SMILES string of the molecule is CCOCCn1nc(CCCc2ccc(OC(C)(C)C(=O)O)cc2)nc1Cc1ccc(C)cc1. The van der Waals surface area contributed by atoms with E-state index < -0.39 is 11.6 Å². The second kappa shape index (κ2) is 11.8. The summed E-state index contributed by atoms with van der Waals surface area (Å²) >= 11 is 0. The molecule has 0 aliphatic rings. The maximum Gasteiger partial charge on any atom is 0.347 e. The van der Waals surface area contributed by atoms with Gasteiger partial charge in [0.15, 0.2) is 11.4 Å². The van der Waals surface area contributed by atoms with Gasteiger partial charge < -0.3 is 14.6 Å². The van der Waals surface area contributed by atoms with Crippen LogP contribution in [0.5, 0.6) is 5.75 Å². The number of nitrogens with zero attached hydrogens (tertiary/aromatic N) is 3. The molecular formula is C27H35N3O4. The number of benzene rings is 2. The summed E-state index contributed by atoms with van der Waals surface area (Å²) in [7, 11) is 0. The Labute approximate surface area is 201 Å². The molecule has 1 heterocycles. The second-order valence-corrected chi connectivity index (χ2v) is 8.94. The van der Waals surface area contributed by atoms with Crippen LogP contribution in [0.4, 0.5) is 0 Å². The third-order valence-corrected chi connectivity index (χ3v) is 5.60. The lowest BCUT2D eigenvalue weighted by atomic mass is 10.1. The van der Waals surface area contributed by atoms with Crippen molar-refractivity contribution in [3.05, 3.63) is 76.9 Å². The van der Waals surface area contributed by atoms with Gasteiger partial charge >= 0.3 is 5.97 Å². The first kappa shape index (κ1) is 25.4. The minimum atomic E-state index is -1.26. The standard InChI is InChI=1S/C27H35N3O4/c1-5-33-18-17-30-25(19-22-11-9-20(2)10-12-22)28-24(29-30)8-6-7-21-13-15-23(16-14-21)34-27(3,4)26(31)32/h9-16H,5-8,17-19H2,1-4H3,(H,31,32). The lowest BCUT2D eigenvalue weighted by Gasteiger charge is -2.21. The average Bonchev–Trinajstić information content (AvgIpc) is 3.17. The van der Waals surface area contributed by atoms with Crippen LogP contribution in [0.25, 0.3) is 0 Å². The lowest BCUT2D eigenvalue weighted by Crippen LogP contribution is -2.37. The fourth-order valence-corrected chi connectivity index (χ4v) is 3.54. The van der Waals surface area contributed by atoms with Gasteiger partial charge in [-0.2, -0.15) is 5.10 Å². The number of hydrogen-bond acceptors (Lipinski definition) is 5. The van der Waals surface area contributed by atoms with Crippen LogP contribution in [0.2, 0.25) is 0 Å². The van der Waals surface area contributed by atoms with Gasteiger partial charge in [-0.25, -0.2) is 14.5 Å². The highest BCUT2D eigenvalue weighted by molar-refractivity contribution is 5.76. The molecule has 0 aliphatic carbocycles. The van der Waals surface area contributed by atoms with E-state index >= 15 is 0 Å². The van der Waals surface area contributed by atoms with Gasteiger partial charge in [-0.05, 0) is 63.8 Å². The van der Waals surface area contributed by atoms with Crippen molar-refractivity contribution in [1.82, 2.24) is 14.8 Å². The van der Waals surface area contributed by atoms with Gasteiger partial charge in [-0.15, -0.1) is 0 Å². The van der Waals surface area contributed by atoms with Crippen molar-refractivity contribution in [2.24, 2.45) is 0 Å². The van der Waals surface area contributed by atoms with E-state index in [1.807, 2.05) is 35.9 Å². The van der Waals surface area contributed by atoms with Crippen molar-refractivity contribution in [1.29, 1.82) is 0 Å². The van der Waals surface area contributed by atoms with Crippen molar-refractivity contribution in [2.75, 3.05) is 13.2 Å². The van der Waals surface area contributed by atoms with Gasteiger partial charge in [0.1, 0.15) is 11.6 Å². The average molecular weight is 466 g/mol. The normalized spacial score (nSPS) is 11.5. The molecule has 0 saturated heterocycles. The molecule has 2 aromatic carbocycles. The summed E-state index contributed by atoms with van der Waals surface area (Å²) < 4.78 is 13.1. The molecule has 3 rings (SSSR count). The summed E-state index contributed by atoms with van der Waals surface area (Å²) in [6.07, 6.45) is 3.32. The first-order valence-corrected chi connectivity index (χ1v) is 11.8. The molecule has 7 heteroatoms. The summed E-state index contributed by atoms with van der Waals surface area (Å²) in [5.41, 5.74) is 2.36. The molecular weight excluding hydrogens is 430 g/mol. The lowest BCUT2D eigenvalue weighted by molar-refractivity contribution is -0.152. The van der Waals surface area contributed by atoms with E-state index in [0.717, 1.165) is 42.9 Å². The third-order valence-electron chi connectivity index (χ3n) is 5.60. The summed E-state index contributed by atoms with van der Waals surface area (Å²) in [6, 6.07) is 16.1. The van der Waals surface area contributed by atoms with Crippen molar-refractivity contribution >= 4 is 5.97 Å². The van der Waals surface area contributed by atoms with Crippen LogP contribution in [-0.4, -0.2) is 44.7 Å². The smallest absolute Gasteiger partial charge is 0.347 e. The Morgan fingerprint density at radius 3 is 2.35 bits per heavy atom. The van der Waals surface area contributed by atoms with Crippen LogP contribution in [0.1, 0.15) is 55.5 Å². The first-order chi connectivity index (χ1) is 16.3. The Balaban J connectivity index is 1.59. The molecule has 0 fully saturated rings. The zero-order valence-corrected chi connectivity index (χ0v) is 20.6. The molecule has 0 aliphatic heterocycles. The van der Waals surface area contributed by atoms with Crippen LogP contribution in [0.15, 0.2) is 48.5 Å². The van der Waals surface area contributed by atoms with Crippen LogP contribution in [0, 0.1) is 6.92 Å². The Morgan fingerprint density at radius 1 is 1.03 bits per heavy atom. The van der Waals surface area contributed by atoms with E-state index in [9.17, 15) is 9.90 Å². The zero-order valence-electron chi connectivity index (χ0n) is 20.6. The molecule has 0 amide bonds. The number of aliphatic carboxylic acids is 1. The van der Waals surface area contributed by atoms with Crippen LogP contribution < -0.4 is 4.74 Å². The fourth-order valence-electron chi connectivity index (χ4n) is 3.54. The Hall–Kier alpha value is -3.19. The van der Waals surface area contributed by atoms with Crippen LogP contribution >= 0.6 is 0 Å².